The summed E-state index contributed by atoms with van der Waals surface area (Å²) in [5.41, 5.74) is 0. The molecular formula is C8H7FN4O2S. The van der Waals surface area contributed by atoms with Crippen molar-refractivity contribution in [2.24, 2.45) is 0 Å². The highest BCUT2D eigenvalue weighted by Crippen LogP contribution is 2.12. The first-order valence-electron chi connectivity index (χ1n) is 4.22. The van der Waals surface area contributed by atoms with E-state index in [0.717, 1.165) is 12.3 Å². The molecule has 0 bridgehead atoms. The Labute approximate surface area is 90.6 Å². The highest BCUT2D eigenvalue weighted by Gasteiger charge is 2.15. The molecule has 2 N–H and O–H groups in total. The van der Waals surface area contributed by atoms with Gasteiger partial charge in [-0.25, -0.2) is 13.4 Å². The fourth-order valence-corrected chi connectivity index (χ4v) is 1.95. The molecule has 0 atom stereocenters. The maximum absolute atomic E-state index is 12.7. The van der Waals surface area contributed by atoms with Gasteiger partial charge in [-0.2, -0.15) is 9.49 Å². The zero-order valence-electron chi connectivity index (χ0n) is 7.88. The summed E-state index contributed by atoms with van der Waals surface area (Å²) in [7, 11) is -3.76. The van der Waals surface area contributed by atoms with Crippen LogP contribution in [-0.2, 0) is 10.0 Å². The lowest BCUT2D eigenvalue weighted by molar-refractivity contribution is 0.584. The summed E-state index contributed by atoms with van der Waals surface area (Å²) in [5.74, 6) is -0.839. The minimum absolute atomic E-state index is 0.0430. The van der Waals surface area contributed by atoms with Crippen molar-refractivity contribution < 1.29 is 12.8 Å². The quantitative estimate of drug-likeness (QED) is 0.777. The molecule has 0 fully saturated rings. The van der Waals surface area contributed by atoms with Crippen molar-refractivity contribution >= 4 is 15.8 Å². The molecule has 0 saturated carbocycles. The predicted octanol–water partition coefficient (Wildman–Crippen LogP) is 0.745. The van der Waals surface area contributed by atoms with Gasteiger partial charge in [0.2, 0.25) is 5.95 Å². The van der Waals surface area contributed by atoms with E-state index < -0.39 is 16.0 Å². The predicted molar refractivity (Wildman–Crippen MR) is 53.6 cm³/mol. The summed E-state index contributed by atoms with van der Waals surface area (Å²) < 4.78 is 38.1. The van der Waals surface area contributed by atoms with Crippen LogP contribution in [0.3, 0.4) is 0 Å². The van der Waals surface area contributed by atoms with E-state index >= 15 is 0 Å². The second-order valence-corrected chi connectivity index (χ2v) is 4.57. The molecule has 0 aliphatic rings. The van der Waals surface area contributed by atoms with E-state index in [2.05, 4.69) is 19.9 Å². The van der Waals surface area contributed by atoms with Gasteiger partial charge in [0.05, 0.1) is 6.20 Å². The first kappa shape index (κ1) is 10.6. The molecule has 84 valence electrons. The Balaban J connectivity index is 2.29. The van der Waals surface area contributed by atoms with Gasteiger partial charge in [-0.3, -0.25) is 9.82 Å². The SMILES string of the molecule is O=S(=O)(Nc1cccc(F)n1)c1cn[nH]c1. The van der Waals surface area contributed by atoms with Crippen LogP contribution in [0, 0.1) is 5.95 Å². The molecule has 2 aromatic heterocycles. The van der Waals surface area contributed by atoms with Crippen LogP contribution < -0.4 is 4.72 Å². The number of halogens is 1. The van der Waals surface area contributed by atoms with Crippen LogP contribution in [0.1, 0.15) is 0 Å². The monoisotopic (exact) mass is 242 g/mol. The zero-order chi connectivity index (χ0) is 11.6. The number of anilines is 1. The average Bonchev–Trinajstić information content (AvgIpc) is 2.69. The van der Waals surface area contributed by atoms with Crippen LogP contribution in [0.2, 0.25) is 0 Å². The van der Waals surface area contributed by atoms with E-state index in [9.17, 15) is 12.8 Å². The Hall–Kier alpha value is -1.96. The van der Waals surface area contributed by atoms with Gasteiger partial charge in [0, 0.05) is 6.20 Å². The minimum atomic E-state index is -3.76. The van der Waals surface area contributed by atoms with Crippen molar-refractivity contribution in [1.29, 1.82) is 0 Å². The Morgan fingerprint density at radius 3 is 2.81 bits per heavy atom. The average molecular weight is 242 g/mol. The Morgan fingerprint density at radius 2 is 2.19 bits per heavy atom. The van der Waals surface area contributed by atoms with Crippen LogP contribution in [0.5, 0.6) is 0 Å². The number of nitrogens with one attached hydrogen (secondary N) is 2. The molecule has 0 aromatic carbocycles. The molecule has 16 heavy (non-hydrogen) atoms. The summed E-state index contributed by atoms with van der Waals surface area (Å²) >= 11 is 0. The Kier molecular flexibility index (Phi) is 2.57. The number of pyridine rings is 1. The third kappa shape index (κ3) is 2.16. The molecule has 0 unspecified atom stereocenters. The van der Waals surface area contributed by atoms with Crippen molar-refractivity contribution in [2.45, 2.75) is 4.90 Å². The summed E-state index contributed by atoms with van der Waals surface area (Å²) in [5, 5.41) is 5.88. The third-order valence-electron chi connectivity index (χ3n) is 1.74. The number of nitrogens with zero attached hydrogens (tertiary/aromatic N) is 2. The van der Waals surface area contributed by atoms with Gasteiger partial charge in [-0.1, -0.05) is 6.07 Å². The maximum Gasteiger partial charge on any atom is 0.266 e. The molecule has 2 heterocycles. The van der Waals surface area contributed by atoms with E-state index in [-0.39, 0.29) is 10.7 Å². The van der Waals surface area contributed by atoms with Crippen LogP contribution in [0.15, 0.2) is 35.5 Å². The first-order valence-corrected chi connectivity index (χ1v) is 5.70. The number of hydrogen-bond donors (Lipinski definition) is 2. The molecular weight excluding hydrogens is 235 g/mol. The van der Waals surface area contributed by atoms with E-state index in [0.29, 0.717) is 0 Å². The molecule has 0 saturated heterocycles. The lowest BCUT2D eigenvalue weighted by Gasteiger charge is -2.04. The molecule has 0 aliphatic carbocycles. The van der Waals surface area contributed by atoms with Gasteiger partial charge in [-0.15, -0.1) is 0 Å². The summed E-state index contributed by atoms with van der Waals surface area (Å²) in [4.78, 5) is 3.34. The molecule has 0 aliphatic heterocycles. The number of rotatable bonds is 3. The number of aromatic amines is 1. The van der Waals surface area contributed by atoms with Gasteiger partial charge in [0.1, 0.15) is 10.7 Å². The lowest BCUT2D eigenvalue weighted by Crippen LogP contribution is -2.13. The normalized spacial score (nSPS) is 11.3. The van der Waals surface area contributed by atoms with Gasteiger partial charge >= 0.3 is 0 Å². The molecule has 6 nitrogen and oxygen atoms in total. The second kappa shape index (κ2) is 3.89. The molecule has 0 radical (unpaired) electrons. The van der Waals surface area contributed by atoms with Crippen molar-refractivity contribution in [3.05, 3.63) is 36.5 Å². The third-order valence-corrected chi connectivity index (χ3v) is 3.06. The van der Waals surface area contributed by atoms with E-state index in [1.54, 1.807) is 0 Å². The van der Waals surface area contributed by atoms with E-state index in [1.165, 1.54) is 18.3 Å². The van der Waals surface area contributed by atoms with Gasteiger partial charge in [0.15, 0.2) is 0 Å². The van der Waals surface area contributed by atoms with Crippen molar-refractivity contribution in [3.63, 3.8) is 0 Å². The topological polar surface area (TPSA) is 87.7 Å². The first-order chi connectivity index (χ1) is 7.58. The number of aromatic nitrogens is 3. The van der Waals surface area contributed by atoms with Gasteiger partial charge in [-0.05, 0) is 12.1 Å². The fourth-order valence-electron chi connectivity index (χ4n) is 1.05. The molecule has 2 rings (SSSR count). The number of H-pyrrole nitrogens is 1. The molecule has 2 aromatic rings. The summed E-state index contributed by atoms with van der Waals surface area (Å²) in [6.07, 6.45) is 2.35. The summed E-state index contributed by atoms with van der Waals surface area (Å²) in [6.45, 7) is 0. The molecule has 0 amide bonds. The number of sulfonamides is 1. The molecule has 0 spiro atoms. The Bertz CT molecular complexity index is 582. The zero-order valence-corrected chi connectivity index (χ0v) is 8.70. The van der Waals surface area contributed by atoms with Gasteiger partial charge in [0.25, 0.3) is 10.0 Å². The van der Waals surface area contributed by atoms with E-state index in [4.69, 9.17) is 0 Å². The van der Waals surface area contributed by atoms with Crippen LogP contribution in [-0.4, -0.2) is 23.6 Å². The Morgan fingerprint density at radius 1 is 1.38 bits per heavy atom. The standard InChI is InChI=1S/C8H7FN4O2S/c9-7-2-1-3-8(12-7)13-16(14,15)6-4-10-11-5-6/h1-5H,(H,10,11)(H,12,13). The number of hydrogen-bond acceptors (Lipinski definition) is 4. The van der Waals surface area contributed by atoms with Crippen LogP contribution >= 0.6 is 0 Å². The second-order valence-electron chi connectivity index (χ2n) is 2.89. The van der Waals surface area contributed by atoms with Crippen LogP contribution in [0.25, 0.3) is 0 Å². The van der Waals surface area contributed by atoms with Crippen LogP contribution in [0.4, 0.5) is 10.2 Å². The highest BCUT2D eigenvalue weighted by molar-refractivity contribution is 7.92. The molecule has 8 heteroatoms. The largest absolute Gasteiger partial charge is 0.284 e. The maximum atomic E-state index is 12.7. The van der Waals surface area contributed by atoms with Gasteiger partial charge < -0.3 is 0 Å². The highest BCUT2D eigenvalue weighted by atomic mass is 32.2. The minimum Gasteiger partial charge on any atom is -0.284 e. The van der Waals surface area contributed by atoms with Crippen molar-refractivity contribution in [1.82, 2.24) is 15.2 Å². The smallest absolute Gasteiger partial charge is 0.266 e. The van der Waals surface area contributed by atoms with E-state index in [1.807, 2.05) is 0 Å². The summed E-state index contributed by atoms with van der Waals surface area (Å²) in [6, 6.07) is 3.83. The van der Waals surface area contributed by atoms with Crippen molar-refractivity contribution in [2.75, 3.05) is 4.72 Å². The van der Waals surface area contributed by atoms with Crippen molar-refractivity contribution in [3.8, 4) is 0 Å². The fraction of sp³-hybridized carbons (Fsp3) is 0. The lowest BCUT2D eigenvalue weighted by atomic mass is 10.5.